The second kappa shape index (κ2) is 4.56. The molecule has 0 fully saturated rings. The Morgan fingerprint density at radius 2 is 1.70 bits per heavy atom. The lowest BCUT2D eigenvalue weighted by molar-refractivity contribution is 0.103. The van der Waals surface area contributed by atoms with E-state index in [0.29, 0.717) is 34.6 Å². The smallest absolute Gasteiger partial charge is 0.197 e. The summed E-state index contributed by atoms with van der Waals surface area (Å²) in [6.45, 7) is 0. The lowest BCUT2D eigenvalue weighted by atomic mass is 9.83. The summed E-state index contributed by atoms with van der Waals surface area (Å²) < 4.78 is 10.6. The molecule has 1 aliphatic carbocycles. The summed E-state index contributed by atoms with van der Waals surface area (Å²) in [7, 11) is 3.13. The molecule has 1 N–H and O–H groups in total. The molecule has 2 aromatic carbocycles. The van der Waals surface area contributed by atoms with Crippen molar-refractivity contribution in [3.8, 4) is 17.2 Å². The monoisotopic (exact) mass is 270 g/mol. The zero-order valence-corrected chi connectivity index (χ0v) is 11.3. The number of aromatic hydroxyl groups is 1. The minimum Gasteiger partial charge on any atom is -0.507 e. The Morgan fingerprint density at radius 1 is 1.00 bits per heavy atom. The molecule has 0 unspecified atom stereocenters. The number of ether oxygens (including phenoxy) is 2. The van der Waals surface area contributed by atoms with E-state index in [4.69, 9.17) is 9.47 Å². The van der Waals surface area contributed by atoms with E-state index < -0.39 is 0 Å². The number of ketones is 1. The molecule has 0 atom stereocenters. The average Bonchev–Trinajstić information content (AvgIpc) is 2.47. The van der Waals surface area contributed by atoms with Crippen molar-refractivity contribution in [1.82, 2.24) is 0 Å². The standard InChI is InChI=1S/C16H14O4/c1-19-13-5-3-4-9-10(13)8-11-14(20-2)7-6-12(17)15(11)16(9)18/h3-7,17H,8H2,1-2H3. The third-order valence-electron chi connectivity index (χ3n) is 3.65. The number of carbonyl (C=O) groups excluding carboxylic acids is 1. The number of methoxy groups -OCH3 is 2. The molecular formula is C16H14O4. The van der Waals surface area contributed by atoms with Crippen LogP contribution in [-0.4, -0.2) is 25.1 Å². The van der Waals surface area contributed by atoms with Crippen LogP contribution in [0, 0.1) is 0 Å². The highest BCUT2D eigenvalue weighted by molar-refractivity contribution is 6.14. The van der Waals surface area contributed by atoms with Crippen molar-refractivity contribution < 1.29 is 19.4 Å². The maximum atomic E-state index is 12.6. The zero-order valence-electron chi connectivity index (χ0n) is 11.3. The molecule has 4 nitrogen and oxygen atoms in total. The summed E-state index contributed by atoms with van der Waals surface area (Å²) in [6, 6.07) is 8.51. The van der Waals surface area contributed by atoms with Crippen LogP contribution in [0.2, 0.25) is 0 Å². The largest absolute Gasteiger partial charge is 0.507 e. The Kier molecular flexibility index (Phi) is 2.86. The zero-order chi connectivity index (χ0) is 14.3. The molecule has 0 bridgehead atoms. The van der Waals surface area contributed by atoms with Crippen molar-refractivity contribution in [2.75, 3.05) is 14.2 Å². The molecule has 2 aromatic rings. The van der Waals surface area contributed by atoms with Crippen molar-refractivity contribution in [1.29, 1.82) is 0 Å². The summed E-state index contributed by atoms with van der Waals surface area (Å²) >= 11 is 0. The molecular weight excluding hydrogens is 256 g/mol. The van der Waals surface area contributed by atoms with Crippen LogP contribution >= 0.6 is 0 Å². The molecule has 1 aliphatic rings. The molecule has 4 heteroatoms. The van der Waals surface area contributed by atoms with Gasteiger partial charge in [-0.2, -0.15) is 0 Å². The van der Waals surface area contributed by atoms with Crippen LogP contribution in [0.5, 0.6) is 17.2 Å². The van der Waals surface area contributed by atoms with Crippen LogP contribution in [0.25, 0.3) is 0 Å². The molecule has 0 aromatic heterocycles. The summed E-state index contributed by atoms with van der Waals surface area (Å²) in [5.74, 6) is 1.06. The normalized spacial score (nSPS) is 12.6. The fraction of sp³-hybridized carbons (Fsp3) is 0.188. The molecule has 0 saturated carbocycles. The first-order valence-corrected chi connectivity index (χ1v) is 6.26. The van der Waals surface area contributed by atoms with Gasteiger partial charge >= 0.3 is 0 Å². The van der Waals surface area contributed by atoms with Crippen LogP contribution < -0.4 is 9.47 Å². The molecule has 0 saturated heterocycles. The van der Waals surface area contributed by atoms with Crippen LogP contribution in [0.3, 0.4) is 0 Å². The first-order valence-electron chi connectivity index (χ1n) is 6.26. The highest BCUT2D eigenvalue weighted by Gasteiger charge is 2.30. The number of benzene rings is 2. The van der Waals surface area contributed by atoms with Gasteiger partial charge in [0.25, 0.3) is 0 Å². The molecule has 0 radical (unpaired) electrons. The van der Waals surface area contributed by atoms with Gasteiger partial charge in [0.15, 0.2) is 5.78 Å². The summed E-state index contributed by atoms with van der Waals surface area (Å²) in [6.07, 6.45) is 0.498. The molecule has 20 heavy (non-hydrogen) atoms. The molecule has 0 aliphatic heterocycles. The predicted molar refractivity (Wildman–Crippen MR) is 73.9 cm³/mol. The van der Waals surface area contributed by atoms with Crippen molar-refractivity contribution in [2.24, 2.45) is 0 Å². The van der Waals surface area contributed by atoms with Gasteiger partial charge in [-0.3, -0.25) is 4.79 Å². The van der Waals surface area contributed by atoms with Crippen molar-refractivity contribution in [2.45, 2.75) is 6.42 Å². The summed E-state index contributed by atoms with van der Waals surface area (Å²) in [5.41, 5.74) is 2.43. The van der Waals surface area contributed by atoms with Crippen LogP contribution in [0.15, 0.2) is 30.3 Å². The van der Waals surface area contributed by atoms with Gasteiger partial charge in [-0.05, 0) is 18.2 Å². The van der Waals surface area contributed by atoms with Gasteiger partial charge in [0.2, 0.25) is 0 Å². The van der Waals surface area contributed by atoms with E-state index in [9.17, 15) is 9.90 Å². The fourth-order valence-electron chi connectivity index (χ4n) is 2.70. The first-order chi connectivity index (χ1) is 9.67. The topological polar surface area (TPSA) is 55.8 Å². The maximum Gasteiger partial charge on any atom is 0.197 e. The van der Waals surface area contributed by atoms with Gasteiger partial charge in [0.05, 0.1) is 19.8 Å². The third kappa shape index (κ3) is 1.65. The molecule has 0 spiro atoms. The van der Waals surface area contributed by atoms with Gasteiger partial charge in [0, 0.05) is 23.1 Å². The Hall–Kier alpha value is -2.49. The highest BCUT2D eigenvalue weighted by Crippen LogP contribution is 2.40. The minimum atomic E-state index is -0.198. The molecule has 0 heterocycles. The number of hydrogen-bond acceptors (Lipinski definition) is 4. The van der Waals surface area contributed by atoms with Gasteiger partial charge in [0.1, 0.15) is 17.2 Å². The predicted octanol–water partition coefficient (Wildman–Crippen LogP) is 2.54. The second-order valence-corrected chi connectivity index (χ2v) is 4.63. The van der Waals surface area contributed by atoms with E-state index in [2.05, 4.69) is 0 Å². The fourth-order valence-corrected chi connectivity index (χ4v) is 2.70. The second-order valence-electron chi connectivity index (χ2n) is 4.63. The van der Waals surface area contributed by atoms with E-state index in [-0.39, 0.29) is 11.5 Å². The number of phenolic OH excluding ortho intramolecular Hbond substituents is 1. The maximum absolute atomic E-state index is 12.6. The molecule has 102 valence electrons. The van der Waals surface area contributed by atoms with Gasteiger partial charge < -0.3 is 14.6 Å². The quantitative estimate of drug-likeness (QED) is 0.777. The van der Waals surface area contributed by atoms with Gasteiger partial charge in [-0.25, -0.2) is 0 Å². The van der Waals surface area contributed by atoms with Crippen molar-refractivity contribution in [3.05, 3.63) is 52.6 Å². The van der Waals surface area contributed by atoms with E-state index in [1.807, 2.05) is 6.07 Å². The molecule has 0 amide bonds. The van der Waals surface area contributed by atoms with E-state index in [1.165, 1.54) is 6.07 Å². The van der Waals surface area contributed by atoms with Crippen LogP contribution in [0.4, 0.5) is 0 Å². The van der Waals surface area contributed by atoms with E-state index in [1.54, 1.807) is 32.4 Å². The Morgan fingerprint density at radius 3 is 2.40 bits per heavy atom. The van der Waals surface area contributed by atoms with Crippen molar-refractivity contribution in [3.63, 3.8) is 0 Å². The number of rotatable bonds is 2. The third-order valence-corrected chi connectivity index (χ3v) is 3.65. The Balaban J connectivity index is 2.27. The average molecular weight is 270 g/mol. The lowest BCUT2D eigenvalue weighted by Gasteiger charge is -2.23. The van der Waals surface area contributed by atoms with E-state index >= 15 is 0 Å². The van der Waals surface area contributed by atoms with Crippen molar-refractivity contribution >= 4 is 5.78 Å². The number of phenols is 1. The number of hydrogen-bond donors (Lipinski definition) is 1. The summed E-state index contributed by atoms with van der Waals surface area (Å²) in [4.78, 5) is 12.6. The Bertz CT molecular complexity index is 704. The highest BCUT2D eigenvalue weighted by atomic mass is 16.5. The van der Waals surface area contributed by atoms with Gasteiger partial charge in [-0.15, -0.1) is 0 Å². The van der Waals surface area contributed by atoms with E-state index in [0.717, 1.165) is 5.56 Å². The van der Waals surface area contributed by atoms with Crippen LogP contribution in [0.1, 0.15) is 27.0 Å². The lowest BCUT2D eigenvalue weighted by Crippen LogP contribution is -2.17. The SMILES string of the molecule is COc1cccc2c1Cc1c(OC)ccc(O)c1C2=O. The van der Waals surface area contributed by atoms with Gasteiger partial charge in [-0.1, -0.05) is 12.1 Å². The van der Waals surface area contributed by atoms with Crippen LogP contribution in [-0.2, 0) is 6.42 Å². The molecule has 3 rings (SSSR count). The number of fused-ring (bicyclic) bond motifs is 2. The minimum absolute atomic E-state index is 0.0146. The first kappa shape index (κ1) is 12.5. The Labute approximate surface area is 116 Å². The summed E-state index contributed by atoms with van der Waals surface area (Å²) in [5, 5.41) is 9.99. The number of carbonyl (C=O) groups is 1.